The van der Waals surface area contributed by atoms with Crippen LogP contribution in [0.25, 0.3) is 0 Å². The van der Waals surface area contributed by atoms with Crippen molar-refractivity contribution in [2.24, 2.45) is 0 Å². The van der Waals surface area contributed by atoms with E-state index < -0.39 is 30.5 Å². The summed E-state index contributed by atoms with van der Waals surface area (Å²) in [5, 5.41) is 8.53. The number of hydrogen-bond donors (Lipinski definition) is 2. The predicted molar refractivity (Wildman–Crippen MR) is 59.9 cm³/mol. The Balaban J connectivity index is 2.85. The second-order valence-electron chi connectivity index (χ2n) is 4.09. The summed E-state index contributed by atoms with van der Waals surface area (Å²) in [7, 11) is 0. The number of halogens is 3. The number of carboxylic acid groups (broad SMARTS) is 1. The Morgan fingerprint density at radius 2 is 2.00 bits per heavy atom. The summed E-state index contributed by atoms with van der Waals surface area (Å²) < 4.78 is 36.1. The van der Waals surface area contributed by atoms with E-state index in [1.165, 1.54) is 6.92 Å². The van der Waals surface area contributed by atoms with Gasteiger partial charge in [0.15, 0.2) is 0 Å². The number of H-pyrrole nitrogens is 1. The molecule has 0 atom stereocenters. The molecule has 0 aliphatic heterocycles. The normalized spacial score (nSPS) is 11.6. The third kappa shape index (κ3) is 5.11. The molecule has 0 saturated carbocycles. The molecule has 1 heterocycles. The van der Waals surface area contributed by atoms with Gasteiger partial charge in [-0.15, -0.1) is 0 Å². The van der Waals surface area contributed by atoms with E-state index in [4.69, 9.17) is 5.11 Å². The number of aromatic nitrogens is 2. The van der Waals surface area contributed by atoms with E-state index in [0.717, 1.165) is 0 Å². The van der Waals surface area contributed by atoms with Crippen molar-refractivity contribution in [3.05, 3.63) is 27.4 Å². The van der Waals surface area contributed by atoms with Gasteiger partial charge in [-0.05, 0) is 13.3 Å². The van der Waals surface area contributed by atoms with E-state index in [1.54, 1.807) is 0 Å². The van der Waals surface area contributed by atoms with E-state index in [-0.39, 0.29) is 29.9 Å². The van der Waals surface area contributed by atoms with Crippen LogP contribution in [-0.4, -0.2) is 27.2 Å². The first kappa shape index (κ1) is 15.2. The second kappa shape index (κ2) is 5.85. The van der Waals surface area contributed by atoms with Gasteiger partial charge in [0, 0.05) is 24.1 Å². The lowest BCUT2D eigenvalue weighted by molar-refractivity contribution is -0.137. The smallest absolute Gasteiger partial charge is 0.389 e. The number of aromatic amines is 1. The summed E-state index contributed by atoms with van der Waals surface area (Å²) in [6, 6.07) is 0. The second-order valence-corrected chi connectivity index (χ2v) is 4.09. The summed E-state index contributed by atoms with van der Waals surface area (Å²) >= 11 is 0. The average Bonchev–Trinajstić information content (AvgIpc) is 2.23. The van der Waals surface area contributed by atoms with Gasteiger partial charge in [0.05, 0.1) is 6.42 Å². The largest absolute Gasteiger partial charge is 0.481 e. The molecule has 2 N–H and O–H groups in total. The van der Waals surface area contributed by atoms with Crippen LogP contribution in [-0.2, 0) is 17.6 Å². The molecule has 0 aromatic carbocycles. The molecule has 0 amide bonds. The van der Waals surface area contributed by atoms with Crippen LogP contribution in [0.3, 0.4) is 0 Å². The van der Waals surface area contributed by atoms with Crippen molar-refractivity contribution < 1.29 is 23.1 Å². The third-order valence-corrected chi connectivity index (χ3v) is 2.51. The van der Waals surface area contributed by atoms with Gasteiger partial charge >= 0.3 is 12.1 Å². The molecule has 0 radical (unpaired) electrons. The molecule has 19 heavy (non-hydrogen) atoms. The number of carboxylic acids is 1. The van der Waals surface area contributed by atoms with Crippen molar-refractivity contribution in [2.45, 2.75) is 38.8 Å². The fraction of sp³-hybridized carbons (Fsp3) is 0.545. The van der Waals surface area contributed by atoms with Crippen molar-refractivity contribution >= 4 is 5.97 Å². The maximum atomic E-state index is 12.0. The minimum Gasteiger partial charge on any atom is -0.481 e. The first-order valence-corrected chi connectivity index (χ1v) is 5.56. The van der Waals surface area contributed by atoms with Gasteiger partial charge in [-0.3, -0.25) is 9.59 Å². The van der Waals surface area contributed by atoms with Crippen molar-refractivity contribution in [1.82, 2.24) is 9.97 Å². The lowest BCUT2D eigenvalue weighted by Gasteiger charge is -2.08. The zero-order valence-corrected chi connectivity index (χ0v) is 10.2. The topological polar surface area (TPSA) is 83.0 Å². The fourth-order valence-electron chi connectivity index (χ4n) is 1.57. The highest BCUT2D eigenvalue weighted by molar-refractivity contribution is 5.67. The highest BCUT2D eigenvalue weighted by Crippen LogP contribution is 2.21. The van der Waals surface area contributed by atoms with Gasteiger partial charge in [0.2, 0.25) is 0 Å². The summed E-state index contributed by atoms with van der Waals surface area (Å²) in [6.07, 6.45) is -6.01. The number of carbonyl (C=O) groups is 1. The molecule has 0 aliphatic rings. The van der Waals surface area contributed by atoms with Crippen LogP contribution in [0.4, 0.5) is 13.2 Å². The lowest BCUT2D eigenvalue weighted by atomic mass is 10.1. The van der Waals surface area contributed by atoms with Gasteiger partial charge in [0.25, 0.3) is 5.56 Å². The molecule has 8 heteroatoms. The molecule has 0 aliphatic carbocycles. The van der Waals surface area contributed by atoms with E-state index >= 15 is 0 Å². The summed E-state index contributed by atoms with van der Waals surface area (Å²) in [5.41, 5.74) is -0.119. The van der Waals surface area contributed by atoms with Crippen LogP contribution in [0.15, 0.2) is 4.79 Å². The predicted octanol–water partition coefficient (Wildman–Crippen LogP) is 1.59. The number of alkyl halides is 3. The summed E-state index contributed by atoms with van der Waals surface area (Å²) in [5.74, 6) is -1.10. The first-order valence-electron chi connectivity index (χ1n) is 5.56. The van der Waals surface area contributed by atoms with Crippen LogP contribution >= 0.6 is 0 Å². The molecule has 1 aromatic rings. The van der Waals surface area contributed by atoms with E-state index in [9.17, 15) is 22.8 Å². The monoisotopic (exact) mass is 278 g/mol. The van der Waals surface area contributed by atoms with Gasteiger partial charge in [-0.2, -0.15) is 13.2 Å². The summed E-state index contributed by atoms with van der Waals surface area (Å²) in [6.45, 7) is 1.48. The Bertz CT molecular complexity index is 523. The molecule has 0 unspecified atom stereocenters. The molecule has 0 fully saturated rings. The Morgan fingerprint density at radius 3 is 2.47 bits per heavy atom. The zero-order chi connectivity index (χ0) is 14.6. The molecule has 5 nitrogen and oxygen atoms in total. The number of aliphatic carboxylic acids is 1. The molecular weight excluding hydrogens is 265 g/mol. The molecule has 106 valence electrons. The Labute approximate surface area is 106 Å². The van der Waals surface area contributed by atoms with Gasteiger partial charge in [-0.25, -0.2) is 4.98 Å². The van der Waals surface area contributed by atoms with E-state index in [0.29, 0.717) is 0 Å². The molecule has 0 spiro atoms. The van der Waals surface area contributed by atoms with Crippen LogP contribution < -0.4 is 5.56 Å². The van der Waals surface area contributed by atoms with Gasteiger partial charge < -0.3 is 10.1 Å². The number of aryl methyl sites for hydroxylation is 2. The van der Waals surface area contributed by atoms with Crippen molar-refractivity contribution in [1.29, 1.82) is 0 Å². The van der Waals surface area contributed by atoms with Gasteiger partial charge in [0.1, 0.15) is 5.82 Å². The standard InChI is InChI=1S/C11H13F3N2O3/c1-6-7(2-3-9(17)18)10(19)16-8(15-6)4-5-11(12,13)14/h2-5H2,1H3,(H,17,18)(H,15,16,19). The van der Waals surface area contributed by atoms with Crippen LogP contribution in [0, 0.1) is 6.92 Å². The van der Waals surface area contributed by atoms with E-state index in [2.05, 4.69) is 9.97 Å². The molecule has 0 saturated heterocycles. The van der Waals surface area contributed by atoms with E-state index in [1.807, 2.05) is 0 Å². The van der Waals surface area contributed by atoms with Crippen LogP contribution in [0.5, 0.6) is 0 Å². The van der Waals surface area contributed by atoms with Crippen molar-refractivity contribution in [2.75, 3.05) is 0 Å². The number of nitrogens with zero attached hydrogens (tertiary/aromatic N) is 1. The molecule has 0 bridgehead atoms. The van der Waals surface area contributed by atoms with Gasteiger partial charge in [-0.1, -0.05) is 0 Å². The Hall–Kier alpha value is -1.86. The van der Waals surface area contributed by atoms with Crippen molar-refractivity contribution in [3.63, 3.8) is 0 Å². The third-order valence-electron chi connectivity index (χ3n) is 2.51. The van der Waals surface area contributed by atoms with Crippen molar-refractivity contribution in [3.8, 4) is 0 Å². The number of nitrogens with one attached hydrogen (secondary N) is 1. The molecular formula is C11H13F3N2O3. The lowest BCUT2D eigenvalue weighted by Crippen LogP contribution is -2.21. The molecule has 1 rings (SSSR count). The highest BCUT2D eigenvalue weighted by Gasteiger charge is 2.27. The fourth-order valence-corrected chi connectivity index (χ4v) is 1.57. The Kier molecular flexibility index (Phi) is 4.68. The number of hydrogen-bond acceptors (Lipinski definition) is 3. The summed E-state index contributed by atoms with van der Waals surface area (Å²) in [4.78, 5) is 28.2. The quantitative estimate of drug-likeness (QED) is 0.856. The number of rotatable bonds is 5. The van der Waals surface area contributed by atoms with Crippen LogP contribution in [0.2, 0.25) is 0 Å². The van der Waals surface area contributed by atoms with Crippen LogP contribution in [0.1, 0.15) is 29.9 Å². The average molecular weight is 278 g/mol. The maximum absolute atomic E-state index is 12.0. The maximum Gasteiger partial charge on any atom is 0.389 e. The highest BCUT2D eigenvalue weighted by atomic mass is 19.4. The minimum atomic E-state index is -4.31. The minimum absolute atomic E-state index is 0.00303. The zero-order valence-electron chi connectivity index (χ0n) is 10.2. The first-order chi connectivity index (χ1) is 8.69. The SMILES string of the molecule is Cc1nc(CCC(F)(F)F)[nH]c(=O)c1CCC(=O)O. The molecule has 1 aromatic heterocycles. The Morgan fingerprint density at radius 1 is 1.37 bits per heavy atom.